The van der Waals surface area contributed by atoms with E-state index in [4.69, 9.17) is 10.3 Å². The lowest BCUT2D eigenvalue weighted by molar-refractivity contribution is 0.412. The molecule has 0 bridgehead atoms. The zero-order chi connectivity index (χ0) is 10.7. The first-order valence-electron chi connectivity index (χ1n) is 4.75. The second-order valence-corrected chi connectivity index (χ2v) is 3.38. The molecule has 0 saturated heterocycles. The minimum atomic E-state index is 0.617. The lowest BCUT2D eigenvalue weighted by Crippen LogP contribution is -2.04. The van der Waals surface area contributed by atoms with Gasteiger partial charge in [-0.15, -0.1) is 0 Å². The van der Waals surface area contributed by atoms with E-state index < -0.39 is 0 Å². The van der Waals surface area contributed by atoms with Crippen LogP contribution in [0.25, 0.3) is 0 Å². The molecule has 0 aliphatic rings. The molecule has 78 valence electrons. The number of anilines is 2. The second kappa shape index (κ2) is 4.04. The van der Waals surface area contributed by atoms with Crippen LogP contribution < -0.4 is 11.1 Å². The fourth-order valence-corrected chi connectivity index (χ4v) is 1.44. The van der Waals surface area contributed by atoms with Crippen LogP contribution in [0.4, 0.5) is 11.4 Å². The summed E-state index contributed by atoms with van der Waals surface area (Å²) in [7, 11) is 0. The van der Waals surface area contributed by atoms with Crippen molar-refractivity contribution in [1.82, 2.24) is 5.16 Å². The Morgan fingerprint density at radius 1 is 1.40 bits per heavy atom. The van der Waals surface area contributed by atoms with Gasteiger partial charge < -0.3 is 15.6 Å². The topological polar surface area (TPSA) is 64.1 Å². The van der Waals surface area contributed by atoms with Gasteiger partial charge in [0.1, 0.15) is 12.0 Å². The van der Waals surface area contributed by atoms with E-state index in [0.717, 1.165) is 22.6 Å². The largest absolute Gasteiger partial charge is 0.397 e. The van der Waals surface area contributed by atoms with Crippen LogP contribution in [-0.2, 0) is 6.54 Å². The van der Waals surface area contributed by atoms with Crippen LogP contribution in [0.1, 0.15) is 11.3 Å². The summed E-state index contributed by atoms with van der Waals surface area (Å²) in [5, 5.41) is 7.05. The van der Waals surface area contributed by atoms with Gasteiger partial charge in [0.15, 0.2) is 0 Å². The quantitative estimate of drug-likeness (QED) is 0.750. The third kappa shape index (κ3) is 2.10. The minimum absolute atomic E-state index is 0.617. The molecule has 2 aromatic rings. The molecule has 0 aliphatic heterocycles. The predicted octanol–water partition coefficient (Wildman–Crippen LogP) is 2.18. The fourth-order valence-electron chi connectivity index (χ4n) is 1.44. The highest BCUT2D eigenvalue weighted by molar-refractivity contribution is 5.69. The Morgan fingerprint density at radius 3 is 2.93 bits per heavy atom. The van der Waals surface area contributed by atoms with Gasteiger partial charge in [0.05, 0.1) is 17.9 Å². The third-order valence-electron chi connectivity index (χ3n) is 2.24. The first-order valence-corrected chi connectivity index (χ1v) is 4.75. The highest BCUT2D eigenvalue weighted by atomic mass is 16.5. The van der Waals surface area contributed by atoms with Crippen molar-refractivity contribution in [2.45, 2.75) is 13.5 Å². The molecule has 1 heterocycles. The van der Waals surface area contributed by atoms with Crippen LogP contribution in [0.5, 0.6) is 0 Å². The van der Waals surface area contributed by atoms with Crippen LogP contribution in [0, 0.1) is 6.92 Å². The average molecular weight is 203 g/mol. The maximum atomic E-state index is 5.85. The van der Waals surface area contributed by atoms with E-state index in [0.29, 0.717) is 6.54 Å². The predicted molar refractivity (Wildman–Crippen MR) is 59.4 cm³/mol. The number of hydrogen-bond donors (Lipinski definition) is 2. The molecule has 1 aromatic heterocycles. The zero-order valence-corrected chi connectivity index (χ0v) is 8.53. The maximum absolute atomic E-state index is 5.85. The maximum Gasteiger partial charge on any atom is 0.124 e. The number of aromatic nitrogens is 1. The SMILES string of the molecule is Cc1cccc(N)c1NCc1ccon1. The highest BCUT2D eigenvalue weighted by Crippen LogP contribution is 2.22. The van der Waals surface area contributed by atoms with Gasteiger partial charge in [-0.05, 0) is 18.6 Å². The highest BCUT2D eigenvalue weighted by Gasteiger charge is 2.02. The molecule has 0 spiro atoms. The van der Waals surface area contributed by atoms with Crippen LogP contribution >= 0.6 is 0 Å². The molecule has 0 unspecified atom stereocenters. The average Bonchev–Trinajstić information content (AvgIpc) is 2.70. The van der Waals surface area contributed by atoms with Crippen molar-refractivity contribution in [2.24, 2.45) is 0 Å². The Kier molecular flexibility index (Phi) is 2.58. The summed E-state index contributed by atoms with van der Waals surface area (Å²) in [4.78, 5) is 0. The Bertz CT molecular complexity index is 417. The summed E-state index contributed by atoms with van der Waals surface area (Å²) in [6, 6.07) is 7.65. The van der Waals surface area contributed by atoms with E-state index in [1.807, 2.05) is 31.2 Å². The Balaban J connectivity index is 2.11. The summed E-state index contributed by atoms with van der Waals surface area (Å²) in [5.74, 6) is 0. The van der Waals surface area contributed by atoms with Gasteiger partial charge in [-0.25, -0.2) is 0 Å². The van der Waals surface area contributed by atoms with E-state index >= 15 is 0 Å². The number of nitrogen functional groups attached to an aromatic ring is 1. The van der Waals surface area contributed by atoms with Crippen molar-refractivity contribution < 1.29 is 4.52 Å². The number of nitrogens with two attached hydrogens (primary N) is 1. The smallest absolute Gasteiger partial charge is 0.124 e. The van der Waals surface area contributed by atoms with Gasteiger partial charge in [-0.3, -0.25) is 0 Å². The molecule has 15 heavy (non-hydrogen) atoms. The molecule has 0 fully saturated rings. The van der Waals surface area contributed by atoms with Gasteiger partial charge in [-0.2, -0.15) is 0 Å². The van der Waals surface area contributed by atoms with Crippen LogP contribution in [0.15, 0.2) is 35.1 Å². The fraction of sp³-hybridized carbons (Fsp3) is 0.182. The van der Waals surface area contributed by atoms with Crippen molar-refractivity contribution in [3.8, 4) is 0 Å². The van der Waals surface area contributed by atoms with Crippen LogP contribution in [0.2, 0.25) is 0 Å². The summed E-state index contributed by atoms with van der Waals surface area (Å²) < 4.78 is 4.74. The van der Waals surface area contributed by atoms with Crippen molar-refractivity contribution in [3.05, 3.63) is 41.8 Å². The first kappa shape index (κ1) is 9.58. The second-order valence-electron chi connectivity index (χ2n) is 3.38. The normalized spacial score (nSPS) is 10.2. The van der Waals surface area contributed by atoms with Crippen molar-refractivity contribution >= 4 is 11.4 Å². The first-order chi connectivity index (χ1) is 7.27. The van der Waals surface area contributed by atoms with Crippen molar-refractivity contribution in [3.63, 3.8) is 0 Å². The van der Waals surface area contributed by atoms with Gasteiger partial charge in [0.25, 0.3) is 0 Å². The summed E-state index contributed by atoms with van der Waals surface area (Å²) in [5.41, 5.74) is 9.54. The van der Waals surface area contributed by atoms with E-state index in [9.17, 15) is 0 Å². The lowest BCUT2D eigenvalue weighted by atomic mass is 10.1. The number of nitrogens with one attached hydrogen (secondary N) is 1. The molecule has 4 heteroatoms. The number of rotatable bonds is 3. The van der Waals surface area contributed by atoms with Gasteiger partial charge in [0.2, 0.25) is 0 Å². The lowest BCUT2D eigenvalue weighted by Gasteiger charge is -2.10. The third-order valence-corrected chi connectivity index (χ3v) is 2.24. The Morgan fingerprint density at radius 2 is 2.27 bits per heavy atom. The van der Waals surface area contributed by atoms with E-state index in [1.165, 1.54) is 0 Å². The summed E-state index contributed by atoms with van der Waals surface area (Å²) in [6.45, 7) is 2.63. The van der Waals surface area contributed by atoms with Gasteiger partial charge >= 0.3 is 0 Å². The molecular weight excluding hydrogens is 190 g/mol. The summed E-state index contributed by atoms with van der Waals surface area (Å²) in [6.07, 6.45) is 1.55. The summed E-state index contributed by atoms with van der Waals surface area (Å²) >= 11 is 0. The molecule has 3 N–H and O–H groups in total. The molecule has 0 aliphatic carbocycles. The number of nitrogens with zero attached hydrogens (tertiary/aromatic N) is 1. The number of benzene rings is 1. The Hall–Kier alpha value is -1.97. The monoisotopic (exact) mass is 203 g/mol. The van der Waals surface area contributed by atoms with E-state index in [2.05, 4.69) is 10.5 Å². The number of para-hydroxylation sites is 1. The molecular formula is C11H13N3O. The van der Waals surface area contributed by atoms with Crippen molar-refractivity contribution in [2.75, 3.05) is 11.1 Å². The Labute approximate surface area is 88.1 Å². The molecule has 0 amide bonds. The van der Waals surface area contributed by atoms with Crippen molar-refractivity contribution in [1.29, 1.82) is 0 Å². The van der Waals surface area contributed by atoms with Crippen LogP contribution in [0.3, 0.4) is 0 Å². The van der Waals surface area contributed by atoms with Crippen LogP contribution in [-0.4, -0.2) is 5.16 Å². The number of aryl methyl sites for hydroxylation is 1. The molecule has 2 rings (SSSR count). The molecule has 1 aromatic carbocycles. The molecule has 4 nitrogen and oxygen atoms in total. The van der Waals surface area contributed by atoms with Gasteiger partial charge in [-0.1, -0.05) is 17.3 Å². The molecule has 0 saturated carbocycles. The van der Waals surface area contributed by atoms with E-state index in [-0.39, 0.29) is 0 Å². The zero-order valence-electron chi connectivity index (χ0n) is 8.53. The standard InChI is InChI=1S/C11H13N3O/c1-8-3-2-4-10(12)11(8)13-7-9-5-6-15-14-9/h2-6,13H,7,12H2,1H3. The number of hydrogen-bond acceptors (Lipinski definition) is 4. The van der Waals surface area contributed by atoms with E-state index in [1.54, 1.807) is 6.26 Å². The molecule has 0 radical (unpaired) electrons. The molecule has 0 atom stereocenters. The minimum Gasteiger partial charge on any atom is -0.397 e. The van der Waals surface area contributed by atoms with Gasteiger partial charge in [0, 0.05) is 6.07 Å².